The van der Waals surface area contributed by atoms with Crippen LogP contribution in [0.5, 0.6) is 0 Å². The Labute approximate surface area is 165 Å². The zero-order valence-electron chi connectivity index (χ0n) is 16.2. The van der Waals surface area contributed by atoms with E-state index in [9.17, 15) is 0 Å². The van der Waals surface area contributed by atoms with Gasteiger partial charge in [-0.25, -0.2) is 4.68 Å². The zero-order chi connectivity index (χ0) is 18.9. The van der Waals surface area contributed by atoms with Crippen molar-refractivity contribution in [3.8, 4) is 16.8 Å². The van der Waals surface area contributed by atoms with Gasteiger partial charge in [-0.05, 0) is 44.5 Å². The SMILES string of the molecule is C[C@@H]1CCCN1CCc1cc2cccc(-c3cnn(-c4ccccc4)c3)c2o1. The molecule has 1 fully saturated rings. The Hall–Kier alpha value is -2.85. The van der Waals surface area contributed by atoms with E-state index in [4.69, 9.17) is 4.42 Å². The van der Waals surface area contributed by atoms with Gasteiger partial charge in [-0.15, -0.1) is 0 Å². The van der Waals surface area contributed by atoms with Gasteiger partial charge in [-0.1, -0.05) is 36.4 Å². The molecule has 3 heterocycles. The average Bonchev–Trinajstić information content (AvgIpc) is 3.46. The van der Waals surface area contributed by atoms with Crippen LogP contribution in [0.4, 0.5) is 0 Å². The molecule has 5 rings (SSSR count). The van der Waals surface area contributed by atoms with Gasteiger partial charge in [0.2, 0.25) is 0 Å². The molecular formula is C24H25N3O. The van der Waals surface area contributed by atoms with Crippen LogP contribution in [0.15, 0.2) is 71.4 Å². The quantitative estimate of drug-likeness (QED) is 0.477. The number of fused-ring (bicyclic) bond motifs is 1. The van der Waals surface area contributed by atoms with Gasteiger partial charge in [0.25, 0.3) is 0 Å². The van der Waals surface area contributed by atoms with Crippen LogP contribution in [0.25, 0.3) is 27.8 Å². The first-order valence-electron chi connectivity index (χ1n) is 10.1. The number of rotatable bonds is 5. The predicted octanol–water partition coefficient (Wildman–Crippen LogP) is 5.31. The molecule has 0 radical (unpaired) electrons. The minimum absolute atomic E-state index is 0.698. The fourth-order valence-electron chi connectivity index (χ4n) is 4.23. The predicted molar refractivity (Wildman–Crippen MR) is 113 cm³/mol. The van der Waals surface area contributed by atoms with E-state index in [0.29, 0.717) is 6.04 Å². The normalized spacial score (nSPS) is 17.5. The Bertz CT molecular complexity index is 1080. The van der Waals surface area contributed by atoms with Gasteiger partial charge >= 0.3 is 0 Å². The summed E-state index contributed by atoms with van der Waals surface area (Å²) in [5.74, 6) is 1.07. The largest absolute Gasteiger partial charge is 0.460 e. The molecule has 28 heavy (non-hydrogen) atoms. The summed E-state index contributed by atoms with van der Waals surface area (Å²) in [5, 5.41) is 5.70. The third kappa shape index (κ3) is 3.25. The molecule has 0 spiro atoms. The van der Waals surface area contributed by atoms with Crippen molar-refractivity contribution in [2.24, 2.45) is 0 Å². The van der Waals surface area contributed by atoms with Gasteiger partial charge < -0.3 is 9.32 Å². The number of hydrogen-bond acceptors (Lipinski definition) is 3. The van der Waals surface area contributed by atoms with Crippen molar-refractivity contribution >= 4 is 11.0 Å². The topological polar surface area (TPSA) is 34.2 Å². The minimum atomic E-state index is 0.698. The number of likely N-dealkylation sites (tertiary alicyclic amines) is 1. The molecule has 4 nitrogen and oxygen atoms in total. The summed E-state index contributed by atoms with van der Waals surface area (Å²) in [6.07, 6.45) is 7.57. The third-order valence-electron chi connectivity index (χ3n) is 5.85. The lowest BCUT2D eigenvalue weighted by atomic mass is 10.1. The molecule has 1 aliphatic rings. The number of benzene rings is 2. The lowest BCUT2D eigenvalue weighted by Crippen LogP contribution is -2.28. The second-order valence-electron chi connectivity index (χ2n) is 7.72. The van der Waals surface area contributed by atoms with Crippen molar-refractivity contribution in [1.29, 1.82) is 0 Å². The monoisotopic (exact) mass is 371 g/mol. The molecule has 2 aromatic carbocycles. The van der Waals surface area contributed by atoms with E-state index < -0.39 is 0 Å². The number of hydrogen-bond donors (Lipinski definition) is 0. The Morgan fingerprint density at radius 1 is 1.11 bits per heavy atom. The molecule has 1 aliphatic heterocycles. The van der Waals surface area contributed by atoms with Gasteiger partial charge in [0.05, 0.1) is 11.9 Å². The van der Waals surface area contributed by atoms with Crippen molar-refractivity contribution in [1.82, 2.24) is 14.7 Å². The molecule has 2 aromatic heterocycles. The highest BCUT2D eigenvalue weighted by Crippen LogP contribution is 2.31. The van der Waals surface area contributed by atoms with E-state index in [1.807, 2.05) is 29.1 Å². The molecule has 1 saturated heterocycles. The molecule has 0 saturated carbocycles. The Morgan fingerprint density at radius 2 is 2.00 bits per heavy atom. The molecule has 0 amide bonds. The molecule has 142 valence electrons. The van der Waals surface area contributed by atoms with Crippen LogP contribution in [-0.2, 0) is 6.42 Å². The second-order valence-corrected chi connectivity index (χ2v) is 7.72. The van der Waals surface area contributed by atoms with Crippen molar-refractivity contribution in [2.75, 3.05) is 13.1 Å². The van der Waals surface area contributed by atoms with Crippen molar-refractivity contribution in [2.45, 2.75) is 32.2 Å². The van der Waals surface area contributed by atoms with Crippen molar-refractivity contribution in [3.05, 3.63) is 72.8 Å². The van der Waals surface area contributed by atoms with Crippen LogP contribution >= 0.6 is 0 Å². The number of furan rings is 1. The van der Waals surface area contributed by atoms with Gasteiger partial charge in [-0.3, -0.25) is 0 Å². The Morgan fingerprint density at radius 3 is 2.82 bits per heavy atom. The van der Waals surface area contributed by atoms with Crippen LogP contribution in [0, 0.1) is 0 Å². The highest BCUT2D eigenvalue weighted by molar-refractivity contribution is 5.92. The van der Waals surface area contributed by atoms with Crippen LogP contribution in [0.3, 0.4) is 0 Å². The van der Waals surface area contributed by atoms with Crippen LogP contribution in [0.2, 0.25) is 0 Å². The Kier molecular flexibility index (Phi) is 4.49. The Balaban J connectivity index is 1.42. The first-order valence-corrected chi connectivity index (χ1v) is 10.1. The van der Waals surface area contributed by atoms with Crippen LogP contribution in [0.1, 0.15) is 25.5 Å². The van der Waals surface area contributed by atoms with Crippen molar-refractivity contribution < 1.29 is 4.42 Å². The van der Waals surface area contributed by atoms with Gasteiger partial charge in [0.1, 0.15) is 11.3 Å². The average molecular weight is 371 g/mol. The lowest BCUT2D eigenvalue weighted by molar-refractivity contribution is 0.266. The number of aromatic nitrogens is 2. The smallest absolute Gasteiger partial charge is 0.142 e. The highest BCUT2D eigenvalue weighted by atomic mass is 16.3. The minimum Gasteiger partial charge on any atom is -0.460 e. The molecular weight excluding hydrogens is 346 g/mol. The molecule has 0 unspecified atom stereocenters. The standard InChI is InChI=1S/C24H25N3O/c1-18-7-6-13-26(18)14-12-22-15-19-8-5-11-23(24(19)28-22)20-16-25-27(17-20)21-9-3-2-4-10-21/h2-5,8-11,15-18H,6-7,12-14H2,1H3/t18-/m1/s1. The van der Waals surface area contributed by atoms with E-state index in [2.05, 4.69) is 59.5 Å². The number of nitrogens with zero attached hydrogens (tertiary/aromatic N) is 3. The second kappa shape index (κ2) is 7.28. The molecule has 0 bridgehead atoms. The van der Waals surface area contributed by atoms with E-state index in [1.165, 1.54) is 19.4 Å². The summed E-state index contributed by atoms with van der Waals surface area (Å²) < 4.78 is 8.21. The van der Waals surface area contributed by atoms with Gasteiger partial charge in [0, 0.05) is 41.7 Å². The maximum Gasteiger partial charge on any atom is 0.142 e. The van der Waals surface area contributed by atoms with E-state index >= 15 is 0 Å². The summed E-state index contributed by atoms with van der Waals surface area (Å²) in [7, 11) is 0. The van der Waals surface area contributed by atoms with Gasteiger partial charge in [-0.2, -0.15) is 5.10 Å². The fourth-order valence-corrected chi connectivity index (χ4v) is 4.23. The molecule has 0 N–H and O–H groups in total. The zero-order valence-corrected chi connectivity index (χ0v) is 16.2. The molecule has 0 aliphatic carbocycles. The summed E-state index contributed by atoms with van der Waals surface area (Å²) >= 11 is 0. The van der Waals surface area contributed by atoms with E-state index in [0.717, 1.165) is 46.5 Å². The van der Waals surface area contributed by atoms with Crippen LogP contribution < -0.4 is 0 Å². The van der Waals surface area contributed by atoms with Crippen LogP contribution in [-0.4, -0.2) is 33.8 Å². The summed E-state index contributed by atoms with van der Waals surface area (Å²) in [5.41, 5.74) is 4.18. The van der Waals surface area contributed by atoms with E-state index in [-0.39, 0.29) is 0 Å². The molecule has 1 atom stereocenters. The summed E-state index contributed by atoms with van der Waals surface area (Å²) in [4.78, 5) is 2.57. The molecule has 4 aromatic rings. The molecule has 4 heteroatoms. The summed E-state index contributed by atoms with van der Waals surface area (Å²) in [6, 6.07) is 19.4. The van der Waals surface area contributed by atoms with E-state index in [1.54, 1.807) is 0 Å². The first-order chi connectivity index (χ1) is 13.8. The maximum absolute atomic E-state index is 6.30. The summed E-state index contributed by atoms with van der Waals surface area (Å²) in [6.45, 7) is 4.61. The highest BCUT2D eigenvalue weighted by Gasteiger charge is 2.20. The van der Waals surface area contributed by atoms with Crippen molar-refractivity contribution in [3.63, 3.8) is 0 Å². The lowest BCUT2D eigenvalue weighted by Gasteiger charge is -2.19. The maximum atomic E-state index is 6.30. The first kappa shape index (κ1) is 17.3. The van der Waals surface area contributed by atoms with Gasteiger partial charge in [0.15, 0.2) is 0 Å². The fraction of sp³-hybridized carbons (Fsp3) is 0.292. The third-order valence-corrected chi connectivity index (χ3v) is 5.85. The number of para-hydroxylation sites is 2.